The molecule has 1 fully saturated rings. The van der Waals surface area contributed by atoms with Gasteiger partial charge in [0.05, 0.1) is 6.20 Å². The molecule has 0 saturated carbocycles. The number of aliphatic carboxylic acids is 1. The Morgan fingerprint density at radius 3 is 2.31 bits per heavy atom. The molecular formula is C33H31ClF3N7O5. The number of fused-ring (bicyclic) bond motifs is 6. The van der Waals surface area contributed by atoms with Gasteiger partial charge in [-0.2, -0.15) is 18.2 Å². The molecule has 0 aliphatic carbocycles. The van der Waals surface area contributed by atoms with E-state index in [4.69, 9.17) is 26.2 Å². The highest BCUT2D eigenvalue weighted by Gasteiger charge is 2.38. The van der Waals surface area contributed by atoms with Gasteiger partial charge in [-0.3, -0.25) is 4.79 Å². The number of nitrogens with zero attached hydrogens (tertiary/aromatic N) is 4. The quantitative estimate of drug-likeness (QED) is 0.198. The number of carboxylic acids is 1. The summed E-state index contributed by atoms with van der Waals surface area (Å²) in [5, 5.41) is 16.9. The SMILES string of the molecule is O=C(COc1ccc2cc1CCc1cccc(c1)Nc1ncc(Cl)c(n1)N2)N1CCN(C(=O)Nc2ccccc2)CC1.O=C(O)C(F)(F)F. The van der Waals surface area contributed by atoms with Crippen LogP contribution < -0.4 is 20.7 Å². The zero-order valence-corrected chi connectivity index (χ0v) is 26.6. The lowest BCUT2D eigenvalue weighted by molar-refractivity contribution is -0.192. The Labute approximate surface area is 283 Å². The molecule has 6 rings (SSSR count). The Balaban J connectivity index is 0.000000606. The van der Waals surface area contributed by atoms with Gasteiger partial charge in [-0.25, -0.2) is 14.6 Å². The number of amides is 3. The number of benzene rings is 3. The number of carbonyl (C=O) groups is 3. The molecule has 4 aromatic rings. The van der Waals surface area contributed by atoms with Crippen LogP contribution in [0.2, 0.25) is 5.02 Å². The molecule has 0 radical (unpaired) electrons. The summed E-state index contributed by atoms with van der Waals surface area (Å²) in [6.07, 6.45) is -2.05. The number of hydrogen-bond acceptors (Lipinski definition) is 8. The van der Waals surface area contributed by atoms with Crippen molar-refractivity contribution in [2.45, 2.75) is 19.0 Å². The molecule has 1 aromatic heterocycles. The molecule has 1 saturated heterocycles. The number of nitrogens with one attached hydrogen (secondary N) is 3. The van der Waals surface area contributed by atoms with Gasteiger partial charge in [0.25, 0.3) is 5.91 Å². The fraction of sp³-hybridized carbons (Fsp3) is 0.242. The molecule has 3 aromatic carbocycles. The van der Waals surface area contributed by atoms with Crippen molar-refractivity contribution in [3.05, 3.63) is 95.1 Å². The van der Waals surface area contributed by atoms with Gasteiger partial charge in [-0.1, -0.05) is 41.9 Å². The fourth-order valence-corrected chi connectivity index (χ4v) is 5.11. The van der Waals surface area contributed by atoms with Crippen LogP contribution >= 0.6 is 11.6 Å². The van der Waals surface area contributed by atoms with Gasteiger partial charge in [0.2, 0.25) is 5.95 Å². The van der Waals surface area contributed by atoms with Crippen LogP contribution in [0.5, 0.6) is 5.75 Å². The number of anilines is 5. The Kier molecular flexibility index (Phi) is 11.0. The first kappa shape index (κ1) is 34.8. The summed E-state index contributed by atoms with van der Waals surface area (Å²) in [6.45, 7) is 1.73. The van der Waals surface area contributed by atoms with Crippen molar-refractivity contribution >= 4 is 58.3 Å². The molecule has 49 heavy (non-hydrogen) atoms. The maximum atomic E-state index is 13.1. The van der Waals surface area contributed by atoms with Gasteiger partial charge in [0, 0.05) is 43.2 Å². The molecule has 2 aliphatic rings. The maximum absolute atomic E-state index is 13.1. The first-order valence-corrected chi connectivity index (χ1v) is 15.4. The molecule has 3 heterocycles. The number of aromatic nitrogens is 2. The van der Waals surface area contributed by atoms with Crippen LogP contribution in [-0.4, -0.2) is 81.7 Å². The van der Waals surface area contributed by atoms with Crippen LogP contribution in [0.3, 0.4) is 0 Å². The highest BCUT2D eigenvalue weighted by molar-refractivity contribution is 6.32. The van der Waals surface area contributed by atoms with Gasteiger partial charge in [-0.15, -0.1) is 0 Å². The van der Waals surface area contributed by atoms with E-state index in [1.165, 1.54) is 0 Å². The molecule has 12 nitrogen and oxygen atoms in total. The number of urea groups is 1. The van der Waals surface area contributed by atoms with Crippen LogP contribution in [0, 0.1) is 0 Å². The smallest absolute Gasteiger partial charge is 0.483 e. The average Bonchev–Trinajstić information content (AvgIpc) is 3.09. The summed E-state index contributed by atoms with van der Waals surface area (Å²) in [4.78, 5) is 46.8. The number of ether oxygens (including phenoxy) is 1. The fourth-order valence-electron chi connectivity index (χ4n) is 4.97. The van der Waals surface area contributed by atoms with Crippen LogP contribution in [-0.2, 0) is 22.4 Å². The summed E-state index contributed by atoms with van der Waals surface area (Å²) in [6, 6.07) is 23.0. The summed E-state index contributed by atoms with van der Waals surface area (Å²) in [5.41, 5.74) is 4.52. The number of rotatable bonds is 4. The number of piperazine rings is 1. The van der Waals surface area contributed by atoms with E-state index in [2.05, 4.69) is 38.1 Å². The topological polar surface area (TPSA) is 149 Å². The third-order valence-electron chi connectivity index (χ3n) is 7.47. The van der Waals surface area contributed by atoms with E-state index in [1.807, 2.05) is 60.7 Å². The molecular weight excluding hydrogens is 667 g/mol. The van der Waals surface area contributed by atoms with Gasteiger partial charge in [0.1, 0.15) is 10.8 Å². The number of carboxylic acid groups (broad SMARTS) is 1. The molecule has 0 unspecified atom stereocenters. The molecule has 0 atom stereocenters. The van der Waals surface area contributed by atoms with Crippen LogP contribution in [0.4, 0.5) is 46.8 Å². The van der Waals surface area contributed by atoms with Crippen LogP contribution in [0.15, 0.2) is 79.0 Å². The summed E-state index contributed by atoms with van der Waals surface area (Å²) in [5.74, 6) is -1.30. The third kappa shape index (κ3) is 9.73. The molecule has 256 valence electrons. The van der Waals surface area contributed by atoms with E-state index in [0.717, 1.165) is 34.6 Å². The van der Waals surface area contributed by atoms with Crippen molar-refractivity contribution in [1.82, 2.24) is 19.8 Å². The number of aryl methyl sites for hydroxylation is 2. The molecule has 0 spiro atoms. The zero-order valence-electron chi connectivity index (χ0n) is 25.8. The van der Waals surface area contributed by atoms with Crippen molar-refractivity contribution in [2.75, 3.05) is 48.7 Å². The molecule has 3 amide bonds. The minimum Gasteiger partial charge on any atom is -0.483 e. The second-order valence-electron chi connectivity index (χ2n) is 10.9. The number of hydrogen-bond donors (Lipinski definition) is 4. The van der Waals surface area contributed by atoms with Crippen molar-refractivity contribution in [3.8, 4) is 5.75 Å². The minimum absolute atomic E-state index is 0.0868. The van der Waals surface area contributed by atoms with E-state index >= 15 is 0 Å². The summed E-state index contributed by atoms with van der Waals surface area (Å²) < 4.78 is 37.8. The molecule has 6 bridgehead atoms. The van der Waals surface area contributed by atoms with E-state index in [0.29, 0.717) is 55.1 Å². The second kappa shape index (κ2) is 15.6. The number of carbonyl (C=O) groups excluding carboxylic acids is 2. The third-order valence-corrected chi connectivity index (χ3v) is 7.75. The lowest BCUT2D eigenvalue weighted by atomic mass is 10.0. The van der Waals surface area contributed by atoms with Gasteiger partial charge in [-0.05, 0) is 66.4 Å². The molecule has 2 aliphatic heterocycles. The van der Waals surface area contributed by atoms with Crippen LogP contribution in [0.1, 0.15) is 11.1 Å². The number of alkyl halides is 3. The largest absolute Gasteiger partial charge is 0.490 e. The normalized spacial score (nSPS) is 13.9. The van der Waals surface area contributed by atoms with E-state index in [1.54, 1.807) is 16.0 Å². The monoisotopic (exact) mass is 697 g/mol. The second-order valence-corrected chi connectivity index (χ2v) is 11.3. The van der Waals surface area contributed by atoms with Crippen molar-refractivity contribution in [3.63, 3.8) is 0 Å². The Morgan fingerprint density at radius 2 is 1.59 bits per heavy atom. The predicted octanol–water partition coefficient (Wildman–Crippen LogP) is 6.10. The summed E-state index contributed by atoms with van der Waals surface area (Å²) in [7, 11) is 0. The van der Waals surface area contributed by atoms with Crippen molar-refractivity contribution in [2.24, 2.45) is 0 Å². The highest BCUT2D eigenvalue weighted by atomic mass is 35.5. The Morgan fingerprint density at radius 1 is 0.898 bits per heavy atom. The van der Waals surface area contributed by atoms with Gasteiger partial charge >= 0.3 is 18.2 Å². The van der Waals surface area contributed by atoms with Crippen LogP contribution in [0.25, 0.3) is 0 Å². The molecule has 16 heteroatoms. The van der Waals surface area contributed by atoms with Crippen molar-refractivity contribution in [1.29, 1.82) is 0 Å². The first-order valence-electron chi connectivity index (χ1n) is 15.0. The lowest BCUT2D eigenvalue weighted by Crippen LogP contribution is -2.52. The standard InChI is InChI=1S/C31H30ClN7O3.C2HF3O2/c32-26-19-33-30-35-24-8-4-5-21(17-24)9-10-22-18-25(34-29(26)37-30)11-12-27(22)42-20-28(40)38-13-15-39(16-14-38)31(41)36-23-6-2-1-3-7-23;3-2(4,5)1(6)7/h1-8,11-12,17-19H,9-10,13-16,20H2,(H,36,41)(H2,33,34,35,37);(H,6,7). The Bertz CT molecular complexity index is 1810. The minimum atomic E-state index is -5.08. The zero-order chi connectivity index (χ0) is 35.0. The highest BCUT2D eigenvalue weighted by Crippen LogP contribution is 2.30. The lowest BCUT2D eigenvalue weighted by Gasteiger charge is -2.34. The molecule has 4 N–H and O–H groups in total. The van der Waals surface area contributed by atoms with Crippen molar-refractivity contribution < 1.29 is 37.4 Å². The number of halogens is 4. The summed E-state index contributed by atoms with van der Waals surface area (Å²) >= 11 is 6.38. The van der Waals surface area contributed by atoms with E-state index < -0.39 is 12.1 Å². The van der Waals surface area contributed by atoms with Gasteiger partial charge < -0.3 is 35.6 Å². The Hall–Kier alpha value is -5.57. The van der Waals surface area contributed by atoms with E-state index in [-0.39, 0.29) is 18.5 Å². The maximum Gasteiger partial charge on any atom is 0.490 e. The number of para-hydroxylation sites is 1. The predicted molar refractivity (Wildman–Crippen MR) is 177 cm³/mol. The van der Waals surface area contributed by atoms with E-state index in [9.17, 15) is 22.8 Å². The first-order chi connectivity index (χ1) is 23.4. The average molecular weight is 698 g/mol. The van der Waals surface area contributed by atoms with Gasteiger partial charge in [0.15, 0.2) is 12.4 Å².